The average Bonchev–Trinajstić information content (AvgIpc) is 2.99. The van der Waals surface area contributed by atoms with Crippen LogP contribution >= 0.6 is 22.6 Å². The average molecular weight is 691 g/mol. The van der Waals surface area contributed by atoms with Gasteiger partial charge in [0, 0.05) is 5.56 Å². The normalized spacial score (nSPS) is 14.3. The highest BCUT2D eigenvalue weighted by Gasteiger charge is 2.37. The van der Waals surface area contributed by atoms with Gasteiger partial charge < -0.3 is 14.2 Å². The molecule has 1 fully saturated rings. The fourth-order valence-electron chi connectivity index (χ4n) is 4.83. The number of carbonyl (C=O) groups is 3. The number of imide groups is 2. The molecule has 1 aliphatic heterocycles. The highest BCUT2D eigenvalue weighted by atomic mass is 127. The van der Waals surface area contributed by atoms with Gasteiger partial charge in [-0.3, -0.25) is 14.9 Å². The zero-order valence-corrected chi connectivity index (χ0v) is 26.3. The molecular formula is C34H31IN2O6. The third kappa shape index (κ3) is 6.51. The van der Waals surface area contributed by atoms with Gasteiger partial charge in [0.1, 0.15) is 17.9 Å². The lowest BCUT2D eigenvalue weighted by Crippen LogP contribution is -2.54. The number of ether oxygens (including phenoxy) is 3. The Morgan fingerprint density at radius 1 is 0.907 bits per heavy atom. The summed E-state index contributed by atoms with van der Waals surface area (Å²) in [5.41, 5.74) is 2.91. The lowest BCUT2D eigenvalue weighted by atomic mass is 10.0. The van der Waals surface area contributed by atoms with Gasteiger partial charge in [0.2, 0.25) is 0 Å². The van der Waals surface area contributed by atoms with Crippen LogP contribution in [0.5, 0.6) is 17.2 Å². The fourth-order valence-corrected chi connectivity index (χ4v) is 5.61. The fraction of sp³-hybridized carbons (Fsp3) is 0.206. The first kappa shape index (κ1) is 30.1. The van der Waals surface area contributed by atoms with E-state index in [0.717, 1.165) is 36.8 Å². The largest absolute Gasteiger partial charge is 0.494 e. The number of aryl methyl sites for hydroxylation is 1. The minimum Gasteiger partial charge on any atom is -0.494 e. The number of anilines is 1. The Kier molecular flexibility index (Phi) is 9.30. The van der Waals surface area contributed by atoms with Crippen molar-refractivity contribution in [2.75, 3.05) is 18.1 Å². The van der Waals surface area contributed by atoms with Gasteiger partial charge in [-0.15, -0.1) is 0 Å². The first-order chi connectivity index (χ1) is 20.8. The van der Waals surface area contributed by atoms with E-state index in [0.29, 0.717) is 48.3 Å². The summed E-state index contributed by atoms with van der Waals surface area (Å²) in [6.45, 7) is 7.21. The van der Waals surface area contributed by atoms with E-state index in [1.165, 1.54) is 6.08 Å². The van der Waals surface area contributed by atoms with Crippen LogP contribution in [0.3, 0.4) is 0 Å². The third-order valence-electron chi connectivity index (χ3n) is 6.95. The van der Waals surface area contributed by atoms with Crippen LogP contribution in [0.4, 0.5) is 10.5 Å². The van der Waals surface area contributed by atoms with E-state index in [1.807, 2.05) is 32.0 Å². The molecule has 4 aromatic rings. The van der Waals surface area contributed by atoms with Crippen molar-refractivity contribution in [2.24, 2.45) is 0 Å². The second-order valence-corrected chi connectivity index (χ2v) is 11.1. The van der Waals surface area contributed by atoms with E-state index in [-0.39, 0.29) is 5.57 Å². The van der Waals surface area contributed by atoms with Crippen molar-refractivity contribution in [3.8, 4) is 17.2 Å². The molecule has 1 heterocycles. The molecule has 1 saturated heterocycles. The molecule has 1 aliphatic rings. The van der Waals surface area contributed by atoms with E-state index >= 15 is 0 Å². The predicted octanol–water partition coefficient (Wildman–Crippen LogP) is 7.19. The van der Waals surface area contributed by atoms with E-state index in [2.05, 4.69) is 59.1 Å². The summed E-state index contributed by atoms with van der Waals surface area (Å²) in [6.07, 6.45) is 2.31. The first-order valence-corrected chi connectivity index (χ1v) is 15.1. The van der Waals surface area contributed by atoms with Crippen LogP contribution in [0.2, 0.25) is 0 Å². The molecule has 9 heteroatoms. The molecule has 220 valence electrons. The summed E-state index contributed by atoms with van der Waals surface area (Å²) in [5.74, 6) is 0.180. The molecule has 0 aliphatic carbocycles. The van der Waals surface area contributed by atoms with Crippen molar-refractivity contribution in [1.82, 2.24) is 5.32 Å². The number of hydrogen-bond donors (Lipinski definition) is 1. The molecule has 0 atom stereocenters. The molecule has 0 bridgehead atoms. The maximum atomic E-state index is 13.5. The summed E-state index contributed by atoms with van der Waals surface area (Å²) < 4.78 is 18.6. The lowest BCUT2D eigenvalue weighted by molar-refractivity contribution is -0.122. The number of rotatable bonds is 10. The van der Waals surface area contributed by atoms with Crippen molar-refractivity contribution in [1.29, 1.82) is 0 Å². The second kappa shape index (κ2) is 13.3. The zero-order valence-electron chi connectivity index (χ0n) is 24.1. The molecule has 4 amide bonds. The molecule has 43 heavy (non-hydrogen) atoms. The number of hydrogen-bond acceptors (Lipinski definition) is 6. The minimum absolute atomic E-state index is 0.177. The van der Waals surface area contributed by atoms with Crippen molar-refractivity contribution in [3.63, 3.8) is 0 Å². The van der Waals surface area contributed by atoms with Gasteiger partial charge in [-0.05, 0) is 107 Å². The summed E-state index contributed by atoms with van der Waals surface area (Å²) in [7, 11) is 0. The number of halogens is 1. The van der Waals surface area contributed by atoms with Crippen LogP contribution in [0, 0.1) is 10.5 Å². The molecule has 0 aromatic heterocycles. The van der Waals surface area contributed by atoms with Crippen molar-refractivity contribution >= 4 is 63.0 Å². The molecule has 0 spiro atoms. The van der Waals surface area contributed by atoms with Crippen LogP contribution in [-0.2, 0) is 16.2 Å². The standard InChI is InChI=1S/C34H31IN2O6/c1-4-16-42-25-14-12-24(13-15-25)37-33(39)27(32(38)36-34(37)40)17-22-18-29(35)31(30(19-22)41-5-2)43-20-28-21(3)10-11-23-8-6-7-9-26(23)28/h6-15,17-19H,4-5,16,20H2,1-3H3,(H,36,38,40)/b27-17-. The van der Waals surface area contributed by atoms with Gasteiger partial charge in [-0.25, -0.2) is 9.69 Å². The Balaban J connectivity index is 1.43. The number of barbiturate groups is 1. The number of nitrogens with zero attached hydrogens (tertiary/aromatic N) is 1. The SMILES string of the molecule is CCCOc1ccc(N2C(=O)NC(=O)/C(=C/c3cc(I)c(OCc4c(C)ccc5ccccc45)c(OCC)c3)C2=O)cc1. The molecular weight excluding hydrogens is 659 g/mol. The minimum atomic E-state index is -0.813. The van der Waals surface area contributed by atoms with Gasteiger partial charge in [-0.1, -0.05) is 43.3 Å². The molecule has 8 nitrogen and oxygen atoms in total. The number of carbonyl (C=O) groups excluding carboxylic acids is 3. The van der Waals surface area contributed by atoms with Crippen molar-refractivity contribution < 1.29 is 28.6 Å². The topological polar surface area (TPSA) is 94.2 Å². The number of amides is 4. The molecule has 0 unspecified atom stereocenters. The van der Waals surface area contributed by atoms with Gasteiger partial charge in [0.25, 0.3) is 11.8 Å². The van der Waals surface area contributed by atoms with Gasteiger partial charge in [0.05, 0.1) is 22.5 Å². The smallest absolute Gasteiger partial charge is 0.335 e. The highest BCUT2D eigenvalue weighted by Crippen LogP contribution is 2.37. The van der Waals surface area contributed by atoms with Crippen LogP contribution < -0.4 is 24.4 Å². The van der Waals surface area contributed by atoms with E-state index in [9.17, 15) is 14.4 Å². The number of benzene rings is 4. The predicted molar refractivity (Wildman–Crippen MR) is 175 cm³/mol. The molecule has 1 N–H and O–H groups in total. The maximum Gasteiger partial charge on any atom is 0.335 e. The Bertz CT molecular complexity index is 1730. The van der Waals surface area contributed by atoms with Crippen molar-refractivity contribution in [3.05, 3.63) is 98.6 Å². The summed E-state index contributed by atoms with van der Waals surface area (Å²) >= 11 is 2.16. The Morgan fingerprint density at radius 3 is 2.42 bits per heavy atom. The molecule has 5 rings (SSSR count). The summed E-state index contributed by atoms with van der Waals surface area (Å²) in [5, 5.41) is 4.53. The van der Waals surface area contributed by atoms with Gasteiger partial charge in [0.15, 0.2) is 11.5 Å². The van der Waals surface area contributed by atoms with Crippen LogP contribution in [0.1, 0.15) is 37.0 Å². The van der Waals surface area contributed by atoms with Gasteiger partial charge in [-0.2, -0.15) is 0 Å². The lowest BCUT2D eigenvalue weighted by Gasteiger charge is -2.26. The summed E-state index contributed by atoms with van der Waals surface area (Å²) in [4.78, 5) is 39.9. The third-order valence-corrected chi connectivity index (χ3v) is 7.75. The molecule has 0 radical (unpaired) electrons. The Labute approximate surface area is 263 Å². The Morgan fingerprint density at radius 2 is 1.67 bits per heavy atom. The number of urea groups is 1. The quantitative estimate of drug-likeness (QED) is 0.108. The van der Waals surface area contributed by atoms with Crippen LogP contribution in [0.15, 0.2) is 78.4 Å². The molecule has 4 aromatic carbocycles. The maximum absolute atomic E-state index is 13.5. The number of nitrogens with one attached hydrogen (secondary N) is 1. The van der Waals surface area contributed by atoms with Crippen LogP contribution in [0.25, 0.3) is 16.8 Å². The van der Waals surface area contributed by atoms with E-state index in [1.54, 1.807) is 30.3 Å². The number of fused-ring (bicyclic) bond motifs is 1. The highest BCUT2D eigenvalue weighted by molar-refractivity contribution is 14.1. The Hall–Kier alpha value is -4.38. The van der Waals surface area contributed by atoms with Gasteiger partial charge >= 0.3 is 6.03 Å². The summed E-state index contributed by atoms with van der Waals surface area (Å²) in [6, 6.07) is 21.7. The molecule has 0 saturated carbocycles. The first-order valence-electron chi connectivity index (χ1n) is 14.0. The van der Waals surface area contributed by atoms with E-state index in [4.69, 9.17) is 14.2 Å². The van der Waals surface area contributed by atoms with E-state index < -0.39 is 17.8 Å². The van der Waals surface area contributed by atoms with Crippen molar-refractivity contribution in [2.45, 2.75) is 33.8 Å². The van der Waals surface area contributed by atoms with Crippen LogP contribution in [-0.4, -0.2) is 31.1 Å². The zero-order chi connectivity index (χ0) is 30.5. The second-order valence-electron chi connectivity index (χ2n) is 9.93. The monoisotopic (exact) mass is 690 g/mol.